The zero-order valence-corrected chi connectivity index (χ0v) is 9.03. The van der Waals surface area contributed by atoms with Gasteiger partial charge in [-0.3, -0.25) is 4.90 Å². The maximum atomic E-state index is 13.3. The van der Waals surface area contributed by atoms with Gasteiger partial charge in [-0.2, -0.15) is 0 Å². The first-order valence-electron chi connectivity index (χ1n) is 4.71. The molecular formula is C11H14FNO2. The summed E-state index contributed by atoms with van der Waals surface area (Å²) in [4.78, 5) is 12.6. The SMILES string of the molecule is CC(C)OC(=O)N(C)c1ccccc1F. The van der Waals surface area contributed by atoms with E-state index in [9.17, 15) is 9.18 Å². The third-order valence-electron chi connectivity index (χ3n) is 1.82. The highest BCUT2D eigenvalue weighted by Gasteiger charge is 2.16. The molecule has 0 aliphatic heterocycles. The van der Waals surface area contributed by atoms with Crippen LogP contribution < -0.4 is 4.90 Å². The zero-order valence-electron chi connectivity index (χ0n) is 9.03. The van der Waals surface area contributed by atoms with E-state index in [2.05, 4.69) is 0 Å². The molecule has 0 unspecified atom stereocenters. The summed E-state index contributed by atoms with van der Waals surface area (Å²) in [5.41, 5.74) is 0.211. The van der Waals surface area contributed by atoms with Crippen LogP contribution in [0.5, 0.6) is 0 Å². The molecule has 1 amide bonds. The van der Waals surface area contributed by atoms with Gasteiger partial charge in [0, 0.05) is 7.05 Å². The van der Waals surface area contributed by atoms with Crippen molar-refractivity contribution >= 4 is 11.8 Å². The minimum atomic E-state index is -0.560. The minimum absolute atomic E-state index is 0.211. The van der Waals surface area contributed by atoms with Crippen molar-refractivity contribution in [2.75, 3.05) is 11.9 Å². The predicted molar refractivity (Wildman–Crippen MR) is 56.4 cm³/mol. The highest BCUT2D eigenvalue weighted by atomic mass is 19.1. The Bertz CT molecular complexity index is 352. The van der Waals surface area contributed by atoms with E-state index >= 15 is 0 Å². The van der Waals surface area contributed by atoms with Crippen LogP contribution in [0.1, 0.15) is 13.8 Å². The molecule has 0 N–H and O–H groups in total. The second-order valence-corrected chi connectivity index (χ2v) is 3.44. The summed E-state index contributed by atoms with van der Waals surface area (Å²) in [5, 5.41) is 0. The maximum Gasteiger partial charge on any atom is 0.414 e. The molecule has 0 heterocycles. The molecule has 4 heteroatoms. The number of amides is 1. The van der Waals surface area contributed by atoms with Crippen molar-refractivity contribution in [2.24, 2.45) is 0 Å². The average Bonchev–Trinajstić information content (AvgIpc) is 2.16. The van der Waals surface area contributed by atoms with Crippen molar-refractivity contribution in [3.8, 4) is 0 Å². The molecule has 0 radical (unpaired) electrons. The molecule has 0 aliphatic rings. The van der Waals surface area contributed by atoms with Gasteiger partial charge in [0.05, 0.1) is 11.8 Å². The molecule has 0 saturated carbocycles. The van der Waals surface area contributed by atoms with Crippen LogP contribution in [-0.4, -0.2) is 19.2 Å². The number of hydrogen-bond donors (Lipinski definition) is 0. The fraction of sp³-hybridized carbons (Fsp3) is 0.364. The number of ether oxygens (including phenoxy) is 1. The fourth-order valence-electron chi connectivity index (χ4n) is 1.10. The average molecular weight is 211 g/mol. The number of carbonyl (C=O) groups excluding carboxylic acids is 1. The molecule has 0 bridgehead atoms. The molecule has 1 rings (SSSR count). The summed E-state index contributed by atoms with van der Waals surface area (Å²) in [7, 11) is 1.48. The van der Waals surface area contributed by atoms with E-state index < -0.39 is 11.9 Å². The molecule has 0 spiro atoms. The molecule has 1 aromatic carbocycles. The van der Waals surface area contributed by atoms with Crippen LogP contribution in [-0.2, 0) is 4.74 Å². The normalized spacial score (nSPS) is 10.2. The Kier molecular flexibility index (Phi) is 3.66. The molecule has 3 nitrogen and oxygen atoms in total. The van der Waals surface area contributed by atoms with Gasteiger partial charge in [-0.15, -0.1) is 0 Å². The minimum Gasteiger partial charge on any atom is -0.446 e. The van der Waals surface area contributed by atoms with Gasteiger partial charge < -0.3 is 4.74 Å². The van der Waals surface area contributed by atoms with Crippen LogP contribution in [0, 0.1) is 5.82 Å². The van der Waals surface area contributed by atoms with E-state index in [4.69, 9.17) is 4.74 Å². The lowest BCUT2D eigenvalue weighted by molar-refractivity contribution is 0.123. The van der Waals surface area contributed by atoms with Gasteiger partial charge in [-0.05, 0) is 26.0 Å². The summed E-state index contributed by atoms with van der Waals surface area (Å²) in [5.74, 6) is -0.444. The molecule has 0 atom stereocenters. The molecule has 82 valence electrons. The molecule has 0 aromatic heterocycles. The Morgan fingerprint density at radius 2 is 2.00 bits per heavy atom. The van der Waals surface area contributed by atoms with Crippen molar-refractivity contribution < 1.29 is 13.9 Å². The van der Waals surface area contributed by atoms with Crippen molar-refractivity contribution in [1.29, 1.82) is 0 Å². The molecule has 0 aliphatic carbocycles. The molecule has 0 saturated heterocycles. The van der Waals surface area contributed by atoms with Gasteiger partial charge in [0.15, 0.2) is 0 Å². The Morgan fingerprint density at radius 1 is 1.40 bits per heavy atom. The first kappa shape index (κ1) is 11.5. The van der Waals surface area contributed by atoms with Crippen LogP contribution in [0.25, 0.3) is 0 Å². The molecule has 0 fully saturated rings. The van der Waals surface area contributed by atoms with Crippen LogP contribution in [0.2, 0.25) is 0 Å². The van der Waals surface area contributed by atoms with Gasteiger partial charge in [0.1, 0.15) is 5.82 Å². The van der Waals surface area contributed by atoms with E-state index in [1.54, 1.807) is 26.0 Å². The quantitative estimate of drug-likeness (QED) is 0.752. The number of halogens is 1. The number of nitrogens with zero attached hydrogens (tertiary/aromatic N) is 1. The van der Waals surface area contributed by atoms with Crippen molar-refractivity contribution in [3.05, 3.63) is 30.1 Å². The number of hydrogen-bond acceptors (Lipinski definition) is 2. The Labute approximate surface area is 88.5 Å². The van der Waals surface area contributed by atoms with Crippen molar-refractivity contribution in [1.82, 2.24) is 0 Å². The number of benzene rings is 1. The first-order chi connectivity index (χ1) is 7.02. The Morgan fingerprint density at radius 3 is 2.53 bits per heavy atom. The van der Waals surface area contributed by atoms with Crippen LogP contribution in [0.15, 0.2) is 24.3 Å². The van der Waals surface area contributed by atoms with E-state index in [0.717, 1.165) is 4.90 Å². The molecule has 1 aromatic rings. The topological polar surface area (TPSA) is 29.5 Å². The van der Waals surface area contributed by atoms with Gasteiger partial charge in [-0.1, -0.05) is 12.1 Å². The zero-order chi connectivity index (χ0) is 11.4. The lowest BCUT2D eigenvalue weighted by Crippen LogP contribution is -2.29. The Balaban J connectivity index is 2.81. The summed E-state index contributed by atoms with van der Waals surface area (Å²) >= 11 is 0. The van der Waals surface area contributed by atoms with Crippen molar-refractivity contribution in [3.63, 3.8) is 0 Å². The van der Waals surface area contributed by atoms with Crippen LogP contribution >= 0.6 is 0 Å². The van der Waals surface area contributed by atoms with E-state index in [-0.39, 0.29) is 11.8 Å². The van der Waals surface area contributed by atoms with E-state index in [0.29, 0.717) is 0 Å². The lowest BCUT2D eigenvalue weighted by atomic mass is 10.3. The third kappa shape index (κ3) is 2.94. The first-order valence-corrected chi connectivity index (χ1v) is 4.71. The fourth-order valence-corrected chi connectivity index (χ4v) is 1.10. The second-order valence-electron chi connectivity index (χ2n) is 3.44. The number of para-hydroxylation sites is 1. The lowest BCUT2D eigenvalue weighted by Gasteiger charge is -2.19. The smallest absolute Gasteiger partial charge is 0.414 e. The molecular weight excluding hydrogens is 197 g/mol. The van der Waals surface area contributed by atoms with Gasteiger partial charge in [-0.25, -0.2) is 9.18 Å². The van der Waals surface area contributed by atoms with Gasteiger partial charge in [0.2, 0.25) is 0 Å². The monoisotopic (exact) mass is 211 g/mol. The van der Waals surface area contributed by atoms with Crippen LogP contribution in [0.3, 0.4) is 0 Å². The number of anilines is 1. The number of rotatable bonds is 2. The second kappa shape index (κ2) is 4.77. The number of carbonyl (C=O) groups is 1. The summed E-state index contributed by atoms with van der Waals surface area (Å²) in [6.07, 6.45) is -0.776. The Hall–Kier alpha value is -1.58. The predicted octanol–water partition coefficient (Wildman–Crippen LogP) is 2.81. The van der Waals surface area contributed by atoms with Crippen LogP contribution in [0.4, 0.5) is 14.9 Å². The molecule has 15 heavy (non-hydrogen) atoms. The summed E-state index contributed by atoms with van der Waals surface area (Å²) < 4.78 is 18.2. The van der Waals surface area contributed by atoms with Gasteiger partial charge in [0.25, 0.3) is 0 Å². The largest absolute Gasteiger partial charge is 0.446 e. The third-order valence-corrected chi connectivity index (χ3v) is 1.82. The van der Waals surface area contributed by atoms with E-state index in [1.165, 1.54) is 19.2 Å². The highest BCUT2D eigenvalue weighted by molar-refractivity contribution is 5.87. The summed E-state index contributed by atoms with van der Waals surface area (Å²) in [6.45, 7) is 3.49. The highest BCUT2D eigenvalue weighted by Crippen LogP contribution is 2.17. The summed E-state index contributed by atoms with van der Waals surface area (Å²) in [6, 6.07) is 6.06. The van der Waals surface area contributed by atoms with Gasteiger partial charge >= 0.3 is 6.09 Å². The maximum absolute atomic E-state index is 13.3. The van der Waals surface area contributed by atoms with E-state index in [1.807, 2.05) is 0 Å². The standard InChI is InChI=1S/C11H14FNO2/c1-8(2)15-11(14)13(3)10-7-5-4-6-9(10)12/h4-8H,1-3H3. The van der Waals surface area contributed by atoms with Crippen molar-refractivity contribution in [2.45, 2.75) is 20.0 Å².